The van der Waals surface area contributed by atoms with Crippen molar-refractivity contribution in [1.82, 2.24) is 0 Å². The summed E-state index contributed by atoms with van der Waals surface area (Å²) in [6.07, 6.45) is 0.0200. The first kappa shape index (κ1) is 18.5. The molecule has 3 rings (SSSR count). The molecule has 0 bridgehead atoms. The molecule has 0 fully saturated rings. The molecule has 0 aliphatic carbocycles. The Balaban J connectivity index is 1.60. The van der Waals surface area contributed by atoms with E-state index >= 15 is 0 Å². The highest BCUT2D eigenvalue weighted by Crippen LogP contribution is 2.20. The highest BCUT2D eigenvalue weighted by Gasteiger charge is 2.18. The molecule has 1 atom stereocenters. The Morgan fingerprint density at radius 3 is 2.26 bits per heavy atom. The molecule has 1 amide bonds. The highest BCUT2D eigenvalue weighted by molar-refractivity contribution is 5.94. The summed E-state index contributed by atoms with van der Waals surface area (Å²) in [6.45, 7) is 2.40. The molecule has 27 heavy (non-hydrogen) atoms. The topological polar surface area (TPSA) is 47.6 Å². The summed E-state index contributed by atoms with van der Waals surface area (Å²) in [5.74, 6) is 1.20. The van der Waals surface area contributed by atoms with Crippen molar-refractivity contribution in [3.05, 3.63) is 90.5 Å². The smallest absolute Gasteiger partial charge is 0.265 e. The van der Waals surface area contributed by atoms with Gasteiger partial charge in [0.05, 0.1) is 0 Å². The van der Waals surface area contributed by atoms with E-state index in [1.54, 1.807) is 0 Å². The fourth-order valence-electron chi connectivity index (χ4n) is 2.61. The number of benzene rings is 3. The average Bonchev–Trinajstić information content (AvgIpc) is 2.72. The third-order valence-corrected chi connectivity index (χ3v) is 4.03. The van der Waals surface area contributed by atoms with Gasteiger partial charge in [0.25, 0.3) is 5.91 Å². The molecule has 0 aliphatic heterocycles. The van der Waals surface area contributed by atoms with Crippen LogP contribution < -0.4 is 14.8 Å². The van der Waals surface area contributed by atoms with Crippen molar-refractivity contribution in [3.8, 4) is 11.5 Å². The van der Waals surface area contributed by atoms with E-state index in [1.165, 1.54) is 0 Å². The number of hydrogen-bond acceptors (Lipinski definition) is 3. The molecule has 0 radical (unpaired) electrons. The normalized spacial score (nSPS) is 11.4. The molecule has 4 nitrogen and oxygen atoms in total. The van der Waals surface area contributed by atoms with Crippen LogP contribution >= 0.6 is 0 Å². The second-order valence-electron chi connectivity index (χ2n) is 6.12. The Labute approximate surface area is 159 Å². The molecule has 0 saturated carbocycles. The average molecular weight is 361 g/mol. The maximum atomic E-state index is 12.6. The van der Waals surface area contributed by atoms with Gasteiger partial charge in [-0.15, -0.1) is 0 Å². The second-order valence-corrected chi connectivity index (χ2v) is 6.12. The highest BCUT2D eigenvalue weighted by atomic mass is 16.5. The number of carbonyl (C=O) groups excluding carboxylic acids is 1. The standard InChI is InChI=1S/C23H23NO3/c1-2-22(27-20-13-7-4-8-14-20)23(25)24-19-12-9-15-21(16-19)26-17-18-10-5-3-6-11-18/h3-16,22H,2,17H2,1H3,(H,24,25). The fourth-order valence-corrected chi connectivity index (χ4v) is 2.61. The maximum Gasteiger partial charge on any atom is 0.265 e. The van der Waals surface area contributed by atoms with Crippen LogP contribution in [0.15, 0.2) is 84.9 Å². The van der Waals surface area contributed by atoms with Crippen LogP contribution in [0.1, 0.15) is 18.9 Å². The number of anilines is 1. The van der Waals surface area contributed by atoms with Gasteiger partial charge in [0, 0.05) is 11.8 Å². The number of ether oxygens (including phenoxy) is 2. The van der Waals surface area contributed by atoms with E-state index in [-0.39, 0.29) is 5.91 Å². The van der Waals surface area contributed by atoms with Crippen molar-refractivity contribution >= 4 is 11.6 Å². The Hall–Kier alpha value is -3.27. The monoisotopic (exact) mass is 361 g/mol. The quantitative estimate of drug-likeness (QED) is 0.610. The van der Waals surface area contributed by atoms with E-state index in [0.717, 1.165) is 5.56 Å². The lowest BCUT2D eigenvalue weighted by molar-refractivity contribution is -0.122. The van der Waals surface area contributed by atoms with Gasteiger partial charge in [-0.1, -0.05) is 61.5 Å². The van der Waals surface area contributed by atoms with E-state index in [4.69, 9.17) is 9.47 Å². The first-order valence-corrected chi connectivity index (χ1v) is 9.04. The summed E-state index contributed by atoms with van der Waals surface area (Å²) in [5, 5.41) is 2.91. The van der Waals surface area contributed by atoms with Crippen LogP contribution in [0.2, 0.25) is 0 Å². The van der Waals surface area contributed by atoms with Crippen LogP contribution in [0.4, 0.5) is 5.69 Å². The zero-order valence-electron chi connectivity index (χ0n) is 15.3. The number of para-hydroxylation sites is 1. The van der Waals surface area contributed by atoms with Gasteiger partial charge in [-0.3, -0.25) is 4.79 Å². The maximum absolute atomic E-state index is 12.6. The van der Waals surface area contributed by atoms with E-state index in [2.05, 4.69) is 5.32 Å². The van der Waals surface area contributed by atoms with Crippen LogP contribution in [0.3, 0.4) is 0 Å². The third kappa shape index (κ3) is 5.61. The minimum absolute atomic E-state index is 0.179. The molecule has 0 aliphatic rings. The van der Waals surface area contributed by atoms with E-state index in [1.807, 2.05) is 91.9 Å². The predicted molar refractivity (Wildman–Crippen MR) is 107 cm³/mol. The Bertz CT molecular complexity index is 850. The van der Waals surface area contributed by atoms with E-state index in [0.29, 0.717) is 30.2 Å². The van der Waals surface area contributed by atoms with Gasteiger partial charge < -0.3 is 14.8 Å². The minimum Gasteiger partial charge on any atom is -0.489 e. The van der Waals surface area contributed by atoms with Crippen molar-refractivity contribution in [2.75, 3.05) is 5.32 Å². The summed E-state index contributed by atoms with van der Waals surface area (Å²) in [4.78, 5) is 12.6. The first-order valence-electron chi connectivity index (χ1n) is 9.04. The summed E-state index contributed by atoms with van der Waals surface area (Å²) >= 11 is 0. The van der Waals surface area contributed by atoms with Gasteiger partial charge in [0.2, 0.25) is 0 Å². The minimum atomic E-state index is -0.554. The molecular weight excluding hydrogens is 338 g/mol. The van der Waals surface area contributed by atoms with Gasteiger partial charge >= 0.3 is 0 Å². The summed E-state index contributed by atoms with van der Waals surface area (Å²) in [7, 11) is 0. The van der Waals surface area contributed by atoms with Crippen LogP contribution in [-0.4, -0.2) is 12.0 Å². The number of nitrogens with one attached hydrogen (secondary N) is 1. The molecule has 1 unspecified atom stereocenters. The zero-order valence-corrected chi connectivity index (χ0v) is 15.3. The van der Waals surface area contributed by atoms with E-state index in [9.17, 15) is 4.79 Å². The predicted octanol–water partition coefficient (Wildman–Crippen LogP) is 5.06. The Kier molecular flexibility index (Phi) is 6.47. The van der Waals surface area contributed by atoms with Crippen LogP contribution in [-0.2, 0) is 11.4 Å². The molecule has 138 valence electrons. The largest absolute Gasteiger partial charge is 0.489 e. The number of rotatable bonds is 8. The third-order valence-electron chi connectivity index (χ3n) is 4.03. The van der Waals surface area contributed by atoms with Gasteiger partial charge in [-0.05, 0) is 36.2 Å². The molecule has 3 aromatic carbocycles. The van der Waals surface area contributed by atoms with Gasteiger partial charge in [0.1, 0.15) is 18.1 Å². The molecule has 0 aromatic heterocycles. The molecule has 4 heteroatoms. The number of hydrogen-bond donors (Lipinski definition) is 1. The zero-order chi connectivity index (χ0) is 18.9. The van der Waals surface area contributed by atoms with Crippen molar-refractivity contribution in [2.24, 2.45) is 0 Å². The SMILES string of the molecule is CCC(Oc1ccccc1)C(=O)Nc1cccc(OCc2ccccc2)c1. The molecule has 0 spiro atoms. The van der Waals surface area contributed by atoms with Gasteiger partial charge in [0.15, 0.2) is 6.10 Å². The molecule has 0 heterocycles. The lowest BCUT2D eigenvalue weighted by atomic mass is 10.2. The lowest BCUT2D eigenvalue weighted by Gasteiger charge is -2.17. The lowest BCUT2D eigenvalue weighted by Crippen LogP contribution is -2.32. The van der Waals surface area contributed by atoms with E-state index < -0.39 is 6.10 Å². The van der Waals surface area contributed by atoms with Crippen molar-refractivity contribution in [3.63, 3.8) is 0 Å². The van der Waals surface area contributed by atoms with Crippen LogP contribution in [0.5, 0.6) is 11.5 Å². The molecule has 1 N–H and O–H groups in total. The molecule has 3 aromatic rings. The van der Waals surface area contributed by atoms with Crippen LogP contribution in [0, 0.1) is 0 Å². The summed E-state index contributed by atoms with van der Waals surface area (Å²) in [5.41, 5.74) is 1.77. The number of carbonyl (C=O) groups is 1. The first-order chi connectivity index (χ1) is 13.2. The second kappa shape index (κ2) is 9.43. The molecular formula is C23H23NO3. The fraction of sp³-hybridized carbons (Fsp3) is 0.174. The van der Waals surface area contributed by atoms with Gasteiger partial charge in [-0.2, -0.15) is 0 Å². The Morgan fingerprint density at radius 2 is 1.56 bits per heavy atom. The van der Waals surface area contributed by atoms with Crippen molar-refractivity contribution in [1.29, 1.82) is 0 Å². The van der Waals surface area contributed by atoms with Crippen molar-refractivity contribution < 1.29 is 14.3 Å². The van der Waals surface area contributed by atoms with Gasteiger partial charge in [-0.25, -0.2) is 0 Å². The summed E-state index contributed by atoms with van der Waals surface area (Å²) in [6, 6.07) is 26.7. The molecule has 0 saturated heterocycles. The Morgan fingerprint density at radius 1 is 0.889 bits per heavy atom. The summed E-state index contributed by atoms with van der Waals surface area (Å²) < 4.78 is 11.6. The van der Waals surface area contributed by atoms with Crippen molar-refractivity contribution in [2.45, 2.75) is 26.1 Å². The number of amides is 1. The van der Waals surface area contributed by atoms with Crippen LogP contribution in [0.25, 0.3) is 0 Å².